The highest BCUT2D eigenvalue weighted by atomic mass is 33.1. The summed E-state index contributed by atoms with van der Waals surface area (Å²) in [5.41, 5.74) is 9.23. The number of benzene rings is 4. The van der Waals surface area contributed by atoms with Crippen molar-refractivity contribution in [1.82, 2.24) is 4.98 Å². The average Bonchev–Trinajstić information content (AvgIpc) is 3.75. The fourth-order valence-electron chi connectivity index (χ4n) is 9.01. The van der Waals surface area contributed by atoms with Gasteiger partial charge in [-0.2, -0.15) is 0 Å². The van der Waals surface area contributed by atoms with Crippen LogP contribution in [0.5, 0.6) is 23.0 Å². The summed E-state index contributed by atoms with van der Waals surface area (Å²) in [6.45, 7) is 7.36. The number of pyridine rings is 1. The molecule has 61 heavy (non-hydrogen) atoms. The van der Waals surface area contributed by atoms with Gasteiger partial charge in [-0.1, -0.05) is 58.0 Å². The number of rotatable bonds is 14. The Balaban J connectivity index is 0.943. The molecule has 1 unspecified atom stereocenters. The van der Waals surface area contributed by atoms with Crippen LogP contribution < -0.4 is 28.7 Å². The summed E-state index contributed by atoms with van der Waals surface area (Å²) in [4.78, 5) is 41.5. The second-order valence-electron chi connectivity index (χ2n) is 16.7. The molecule has 0 fully saturated rings. The van der Waals surface area contributed by atoms with Gasteiger partial charge >= 0.3 is 0 Å². The number of hydrogen-bond acceptors (Lipinski definition) is 10. The molecule has 0 saturated heterocycles. The van der Waals surface area contributed by atoms with Crippen LogP contribution >= 0.6 is 21.6 Å². The van der Waals surface area contributed by atoms with Crippen LogP contribution in [-0.2, 0) is 32.5 Å². The molecule has 1 aromatic heterocycles. The first-order chi connectivity index (χ1) is 29.6. The molecule has 2 amide bonds. The standard InChI is InChI=1S/C49H50N4O6S2/c1-30-19-39-31(15-16-36-20-32-11-6-8-13-42(32)52(36)47(39)54)22-44(30)58-28-34-23-38(57-18-10-17-49(2,3)61-60-5)24-35(51-34)29-59-46-26-41-40(25-45(46)56-4)48(55)53-37(27-50-41)21-33-12-7-9-14-43(33)53/h6-9,11-14,19,22-27,36-37H,10,15-18,20-21,28-29H2,1-5H3/t36?,37-/m0/s1. The molecule has 0 saturated carbocycles. The minimum Gasteiger partial charge on any atom is -0.493 e. The van der Waals surface area contributed by atoms with Gasteiger partial charge in [-0.25, -0.2) is 0 Å². The van der Waals surface area contributed by atoms with Gasteiger partial charge in [0.15, 0.2) is 11.5 Å². The van der Waals surface area contributed by atoms with E-state index in [1.54, 1.807) is 30.0 Å². The van der Waals surface area contributed by atoms with Gasteiger partial charge in [-0.3, -0.25) is 24.5 Å². The number of aliphatic imine (C=N–C) groups is 1. The van der Waals surface area contributed by atoms with E-state index in [1.807, 2.05) is 88.3 Å². The quantitative estimate of drug-likeness (QED) is 0.0798. The van der Waals surface area contributed by atoms with Crippen LogP contribution in [0.3, 0.4) is 0 Å². The Hall–Kier alpha value is -5.46. The Morgan fingerprint density at radius 1 is 0.770 bits per heavy atom. The lowest BCUT2D eigenvalue weighted by molar-refractivity contribution is 0.0975. The van der Waals surface area contributed by atoms with Gasteiger partial charge in [-0.05, 0) is 112 Å². The largest absolute Gasteiger partial charge is 0.493 e. The lowest BCUT2D eigenvalue weighted by Gasteiger charge is -2.23. The maximum absolute atomic E-state index is 14.0. The summed E-state index contributed by atoms with van der Waals surface area (Å²) < 4.78 is 25.2. The van der Waals surface area contributed by atoms with E-state index >= 15 is 0 Å². The zero-order chi connectivity index (χ0) is 42.3. The van der Waals surface area contributed by atoms with E-state index in [0.717, 1.165) is 71.5 Å². The van der Waals surface area contributed by atoms with Crippen LogP contribution in [0, 0.1) is 6.92 Å². The van der Waals surface area contributed by atoms with E-state index in [4.69, 9.17) is 28.9 Å². The Morgan fingerprint density at radius 2 is 1.46 bits per heavy atom. The van der Waals surface area contributed by atoms with Crippen LogP contribution in [0.4, 0.5) is 17.1 Å². The number of aromatic nitrogens is 1. The van der Waals surface area contributed by atoms with E-state index < -0.39 is 0 Å². The van der Waals surface area contributed by atoms with Crippen molar-refractivity contribution in [3.05, 3.63) is 130 Å². The fraction of sp³-hybridized carbons (Fsp3) is 0.347. The van der Waals surface area contributed by atoms with Crippen LogP contribution in [0.1, 0.15) is 87.5 Å². The maximum atomic E-state index is 14.0. The Morgan fingerprint density at radius 3 is 2.20 bits per heavy atom. The number of nitrogens with zero attached hydrogens (tertiary/aromatic N) is 4. The molecule has 9 rings (SSSR count). The van der Waals surface area contributed by atoms with Gasteiger partial charge in [0.1, 0.15) is 24.7 Å². The van der Waals surface area contributed by atoms with Gasteiger partial charge in [0, 0.05) is 58.6 Å². The number of carbonyl (C=O) groups is 2. The smallest absolute Gasteiger partial charge is 0.261 e. The van der Waals surface area contributed by atoms with E-state index in [9.17, 15) is 9.59 Å². The first-order valence-electron chi connectivity index (χ1n) is 20.9. The van der Waals surface area contributed by atoms with Gasteiger partial charge in [0.25, 0.3) is 11.8 Å². The monoisotopic (exact) mass is 854 g/mol. The predicted molar refractivity (Wildman–Crippen MR) is 245 cm³/mol. The van der Waals surface area contributed by atoms with E-state index in [0.29, 0.717) is 52.9 Å². The molecule has 4 aliphatic rings. The molecule has 5 heterocycles. The topological polar surface area (TPSA) is 103 Å². The van der Waals surface area contributed by atoms with Crippen molar-refractivity contribution in [2.24, 2.45) is 4.99 Å². The molecule has 0 aliphatic carbocycles. The van der Waals surface area contributed by atoms with E-state index in [-0.39, 0.29) is 41.9 Å². The van der Waals surface area contributed by atoms with Crippen molar-refractivity contribution in [2.45, 2.75) is 89.3 Å². The zero-order valence-corrected chi connectivity index (χ0v) is 36.9. The Labute approximate surface area is 365 Å². The minimum atomic E-state index is -0.163. The van der Waals surface area contributed by atoms with Gasteiger partial charge in [0.2, 0.25) is 0 Å². The summed E-state index contributed by atoms with van der Waals surface area (Å²) in [7, 11) is 5.23. The normalized spacial score (nSPS) is 17.4. The number of amides is 2. The molecule has 4 aromatic carbocycles. The molecule has 0 N–H and O–H groups in total. The lowest BCUT2D eigenvalue weighted by atomic mass is 9.98. The number of methoxy groups -OCH3 is 1. The summed E-state index contributed by atoms with van der Waals surface area (Å²) in [6, 6.07) is 27.5. The highest BCUT2D eigenvalue weighted by molar-refractivity contribution is 8.76. The van der Waals surface area contributed by atoms with Crippen LogP contribution in [0.25, 0.3) is 0 Å². The summed E-state index contributed by atoms with van der Waals surface area (Å²) >= 11 is 0. The van der Waals surface area contributed by atoms with E-state index in [2.05, 4.69) is 38.3 Å². The van der Waals surface area contributed by atoms with Crippen molar-refractivity contribution >= 4 is 56.7 Å². The third-order valence-corrected chi connectivity index (χ3v) is 14.6. The van der Waals surface area contributed by atoms with Crippen molar-refractivity contribution in [3.63, 3.8) is 0 Å². The van der Waals surface area contributed by atoms with Gasteiger partial charge in [0.05, 0.1) is 42.4 Å². The molecule has 0 spiro atoms. The van der Waals surface area contributed by atoms with E-state index in [1.165, 1.54) is 5.56 Å². The second-order valence-corrected chi connectivity index (χ2v) is 19.8. The number of fused-ring (bicyclic) bond motifs is 8. The molecule has 5 aromatic rings. The SMILES string of the molecule is COc1cc2c(cc1OCc1cc(OCCCC(C)(C)SSC)cc(COc3cc4c(cc3C)C(=O)N3c5ccccc5CC3CC4)n1)N=C[C@@H]1Cc3ccccc3N1C2=O. The molecule has 2 atom stereocenters. The third-order valence-electron chi connectivity index (χ3n) is 12.0. The predicted octanol–water partition coefficient (Wildman–Crippen LogP) is 10.3. The third kappa shape index (κ3) is 8.32. The number of aryl methyl sites for hydroxylation is 2. The number of carbonyl (C=O) groups excluding carboxylic acids is 2. The maximum Gasteiger partial charge on any atom is 0.261 e. The van der Waals surface area contributed by atoms with Crippen molar-refractivity contribution in [1.29, 1.82) is 0 Å². The molecule has 10 nitrogen and oxygen atoms in total. The van der Waals surface area contributed by atoms with Gasteiger partial charge < -0.3 is 23.8 Å². The highest BCUT2D eigenvalue weighted by Crippen LogP contribution is 2.42. The lowest BCUT2D eigenvalue weighted by Crippen LogP contribution is -2.37. The number of anilines is 2. The fourth-order valence-corrected chi connectivity index (χ4v) is 11.3. The molecule has 0 bridgehead atoms. The van der Waals surface area contributed by atoms with Crippen LogP contribution in [0.15, 0.2) is 89.9 Å². The van der Waals surface area contributed by atoms with Crippen molar-refractivity contribution in [2.75, 3.05) is 29.8 Å². The number of hydrogen-bond donors (Lipinski definition) is 0. The molecule has 12 heteroatoms. The zero-order valence-electron chi connectivity index (χ0n) is 35.2. The first-order valence-corrected chi connectivity index (χ1v) is 23.5. The molecular formula is C49H50N4O6S2. The minimum absolute atomic E-state index is 0.0549. The average molecular weight is 855 g/mol. The van der Waals surface area contributed by atoms with Crippen LogP contribution in [-0.4, -0.2) is 59.8 Å². The molecular weight excluding hydrogens is 805 g/mol. The Bertz CT molecular complexity index is 2540. The summed E-state index contributed by atoms with van der Waals surface area (Å²) in [5, 5.41) is 0. The highest BCUT2D eigenvalue weighted by Gasteiger charge is 2.38. The summed E-state index contributed by atoms with van der Waals surface area (Å²) in [5.74, 6) is 2.21. The van der Waals surface area contributed by atoms with Crippen LogP contribution in [0.2, 0.25) is 0 Å². The van der Waals surface area contributed by atoms with Crippen molar-refractivity contribution < 1.29 is 28.5 Å². The van der Waals surface area contributed by atoms with Gasteiger partial charge in [-0.15, -0.1) is 0 Å². The molecule has 4 aliphatic heterocycles. The van der Waals surface area contributed by atoms with Crippen molar-refractivity contribution in [3.8, 4) is 23.0 Å². The first kappa shape index (κ1) is 40.9. The number of para-hydroxylation sites is 2. The second kappa shape index (κ2) is 17.1. The molecule has 0 radical (unpaired) electrons. The summed E-state index contributed by atoms with van der Waals surface area (Å²) in [6.07, 6.45) is 9.13. The Kier molecular flexibility index (Phi) is 11.5. The molecule has 314 valence electrons. The number of ether oxygens (including phenoxy) is 4.